The van der Waals surface area contributed by atoms with Crippen molar-refractivity contribution >= 4 is 16.1 Å². The van der Waals surface area contributed by atoms with Crippen LogP contribution >= 0.6 is 0 Å². The summed E-state index contributed by atoms with van der Waals surface area (Å²) in [6, 6.07) is 7.68. The molecule has 4 rings (SSSR count). The molecule has 2 aliphatic carbocycles. The van der Waals surface area contributed by atoms with Crippen molar-refractivity contribution in [3.05, 3.63) is 47.5 Å². The minimum absolute atomic E-state index is 0.0166. The van der Waals surface area contributed by atoms with Gasteiger partial charge in [0.2, 0.25) is 5.82 Å². The van der Waals surface area contributed by atoms with Crippen molar-refractivity contribution in [1.82, 2.24) is 9.97 Å². The predicted octanol–water partition coefficient (Wildman–Crippen LogP) is 2.11. The van der Waals surface area contributed by atoms with E-state index in [0.29, 0.717) is 19.3 Å². The second-order valence-corrected chi connectivity index (χ2v) is 9.06. The summed E-state index contributed by atoms with van der Waals surface area (Å²) in [7, 11) is -2.35. The van der Waals surface area contributed by atoms with E-state index in [0.717, 1.165) is 17.5 Å². The molecule has 0 saturated heterocycles. The summed E-state index contributed by atoms with van der Waals surface area (Å²) >= 11 is 0. The summed E-state index contributed by atoms with van der Waals surface area (Å²) in [5.41, 5.74) is 2.19. The fraction of sp³-hybridized carbons (Fsp3) is 0.500. The molecule has 0 spiro atoms. The summed E-state index contributed by atoms with van der Waals surface area (Å²) < 4.78 is 53.0. The molecular weight excluding hydrogens is 427 g/mol. The third-order valence-corrected chi connectivity index (χ3v) is 6.24. The van der Waals surface area contributed by atoms with Gasteiger partial charge < -0.3 is 14.8 Å². The van der Waals surface area contributed by atoms with Gasteiger partial charge in [-0.15, -0.1) is 0 Å². The Kier molecular flexibility index (Phi) is 6.37. The Bertz CT molecular complexity index is 1040. The molecule has 4 atom stereocenters. The minimum Gasteiger partial charge on any atom is -0.472 e. The highest BCUT2D eigenvalue weighted by atomic mass is 32.2. The summed E-state index contributed by atoms with van der Waals surface area (Å²) in [5, 5.41) is 8.01. The lowest BCUT2D eigenvalue weighted by molar-refractivity contribution is 0.0957. The van der Waals surface area contributed by atoms with Crippen molar-refractivity contribution in [1.29, 1.82) is 0 Å². The predicted molar refractivity (Wildman–Crippen MR) is 110 cm³/mol. The summed E-state index contributed by atoms with van der Waals surface area (Å²) in [6.07, 6.45) is 3.36. The normalized spacial score (nSPS) is 25.4. The van der Waals surface area contributed by atoms with E-state index in [4.69, 9.17) is 14.6 Å². The third kappa shape index (κ3) is 5.12. The van der Waals surface area contributed by atoms with Crippen LogP contribution in [0.15, 0.2) is 30.6 Å². The molecule has 11 heteroatoms. The molecule has 2 aromatic rings. The van der Waals surface area contributed by atoms with Crippen LogP contribution in [-0.2, 0) is 25.6 Å². The smallest absolute Gasteiger partial charge is 0.333 e. The third-order valence-electron chi connectivity index (χ3n) is 5.77. The van der Waals surface area contributed by atoms with Crippen molar-refractivity contribution in [2.24, 2.45) is 11.1 Å². The molecular formula is C20H25FN4O5S. The molecule has 168 valence electrons. The number of hydrogen-bond donors (Lipinski definition) is 2. The minimum atomic E-state index is -3.98. The summed E-state index contributed by atoms with van der Waals surface area (Å²) in [5.74, 6) is -0.814. The van der Waals surface area contributed by atoms with Crippen LogP contribution in [0.2, 0.25) is 0 Å². The van der Waals surface area contributed by atoms with Gasteiger partial charge >= 0.3 is 10.3 Å². The second-order valence-electron chi connectivity index (χ2n) is 7.84. The van der Waals surface area contributed by atoms with Crippen LogP contribution < -0.4 is 15.2 Å². The van der Waals surface area contributed by atoms with Crippen LogP contribution in [0.4, 0.5) is 10.2 Å². The molecule has 0 amide bonds. The number of ether oxygens (including phenoxy) is 2. The lowest BCUT2D eigenvalue weighted by Gasteiger charge is -2.22. The number of anilines is 1. The van der Waals surface area contributed by atoms with Crippen molar-refractivity contribution < 1.29 is 26.5 Å². The van der Waals surface area contributed by atoms with E-state index < -0.39 is 16.1 Å². The number of nitrogens with two attached hydrogens (primary N) is 1. The molecule has 1 saturated carbocycles. The Labute approximate surface area is 180 Å². The number of rotatable bonds is 8. The molecule has 3 N–H and O–H groups in total. The van der Waals surface area contributed by atoms with Gasteiger partial charge in [-0.25, -0.2) is 10.1 Å². The first kappa shape index (κ1) is 21.9. The van der Waals surface area contributed by atoms with Crippen LogP contribution in [-0.4, -0.2) is 44.3 Å². The molecule has 0 bridgehead atoms. The van der Waals surface area contributed by atoms with Crippen LogP contribution in [0.1, 0.15) is 36.4 Å². The number of halogens is 1. The molecule has 1 fully saturated rings. The lowest BCUT2D eigenvalue weighted by Crippen LogP contribution is -2.25. The number of benzene rings is 1. The molecule has 1 aromatic carbocycles. The number of methoxy groups -OCH3 is 1. The average Bonchev–Trinajstić information content (AvgIpc) is 3.33. The van der Waals surface area contributed by atoms with Gasteiger partial charge in [-0.2, -0.15) is 17.8 Å². The van der Waals surface area contributed by atoms with Crippen molar-refractivity contribution in [2.75, 3.05) is 19.0 Å². The zero-order valence-electron chi connectivity index (χ0n) is 17.0. The molecule has 31 heavy (non-hydrogen) atoms. The highest BCUT2D eigenvalue weighted by molar-refractivity contribution is 7.84. The Balaban J connectivity index is 1.43. The Morgan fingerprint density at radius 1 is 1.26 bits per heavy atom. The van der Waals surface area contributed by atoms with E-state index in [9.17, 15) is 8.42 Å². The SMILES string of the molecule is CO[C@H]1Cc2ccccc2[C@H]1Nc1ncnc(O[C@H]2CC[C@H](COS(N)(=O)=O)C2)c1F. The summed E-state index contributed by atoms with van der Waals surface area (Å²) in [6.45, 7) is -0.0166. The number of hydrogen-bond acceptors (Lipinski definition) is 8. The molecule has 1 heterocycles. The van der Waals surface area contributed by atoms with Gasteiger partial charge in [-0.3, -0.25) is 4.18 Å². The molecule has 9 nitrogen and oxygen atoms in total. The molecule has 2 aliphatic rings. The van der Waals surface area contributed by atoms with Gasteiger partial charge in [0.25, 0.3) is 5.88 Å². The van der Waals surface area contributed by atoms with E-state index in [1.165, 1.54) is 6.33 Å². The highest BCUT2D eigenvalue weighted by Gasteiger charge is 2.34. The van der Waals surface area contributed by atoms with Crippen LogP contribution in [0.3, 0.4) is 0 Å². The fourth-order valence-electron chi connectivity index (χ4n) is 4.27. The van der Waals surface area contributed by atoms with Gasteiger partial charge in [0.05, 0.1) is 18.8 Å². The first-order valence-corrected chi connectivity index (χ1v) is 11.5. The molecule has 0 unspecified atom stereocenters. The van der Waals surface area contributed by atoms with E-state index in [1.807, 2.05) is 24.3 Å². The number of aromatic nitrogens is 2. The van der Waals surface area contributed by atoms with Crippen molar-refractivity contribution in [3.8, 4) is 5.88 Å². The zero-order chi connectivity index (χ0) is 22.0. The second kappa shape index (κ2) is 9.03. The number of fused-ring (bicyclic) bond motifs is 1. The van der Waals surface area contributed by atoms with E-state index in [2.05, 4.69) is 19.5 Å². The Hall–Kier alpha value is -2.34. The quantitative estimate of drug-likeness (QED) is 0.624. The Morgan fingerprint density at radius 2 is 2.06 bits per heavy atom. The maximum Gasteiger partial charge on any atom is 0.333 e. The first-order valence-electron chi connectivity index (χ1n) is 10.1. The van der Waals surface area contributed by atoms with E-state index in [-0.39, 0.29) is 42.5 Å². The molecule has 0 radical (unpaired) electrons. The van der Waals surface area contributed by atoms with Gasteiger partial charge in [-0.05, 0) is 36.3 Å². The largest absolute Gasteiger partial charge is 0.472 e. The average molecular weight is 453 g/mol. The zero-order valence-corrected chi connectivity index (χ0v) is 17.8. The van der Waals surface area contributed by atoms with Crippen LogP contribution in [0, 0.1) is 11.7 Å². The number of nitrogens with zero attached hydrogens (tertiary/aromatic N) is 2. The topological polar surface area (TPSA) is 126 Å². The summed E-state index contributed by atoms with van der Waals surface area (Å²) in [4.78, 5) is 8.00. The van der Waals surface area contributed by atoms with Gasteiger partial charge in [-0.1, -0.05) is 24.3 Å². The van der Waals surface area contributed by atoms with Crippen LogP contribution in [0.25, 0.3) is 0 Å². The van der Waals surface area contributed by atoms with Crippen LogP contribution in [0.5, 0.6) is 5.88 Å². The van der Waals surface area contributed by atoms with Gasteiger partial charge in [0.1, 0.15) is 12.4 Å². The van der Waals surface area contributed by atoms with Crippen molar-refractivity contribution in [2.45, 2.75) is 43.9 Å². The maximum absolute atomic E-state index is 15.1. The maximum atomic E-state index is 15.1. The van der Waals surface area contributed by atoms with Gasteiger partial charge in [0, 0.05) is 13.5 Å². The standard InChI is InChI=1S/C20H25FN4O5S/c1-28-16-9-13-4-2-3-5-15(13)18(16)25-19-17(21)20(24-11-23-19)30-14-7-6-12(8-14)10-29-31(22,26)27/h2-5,11-12,14,16,18H,6-10H2,1H3,(H2,22,26,27)(H,23,24,25)/t12-,14-,16-,18+/m0/s1. The number of nitrogens with one attached hydrogen (secondary N) is 1. The van der Waals surface area contributed by atoms with E-state index in [1.54, 1.807) is 7.11 Å². The monoisotopic (exact) mass is 452 g/mol. The van der Waals surface area contributed by atoms with Gasteiger partial charge in [0.15, 0.2) is 5.82 Å². The van der Waals surface area contributed by atoms with Crippen molar-refractivity contribution in [3.63, 3.8) is 0 Å². The Morgan fingerprint density at radius 3 is 2.84 bits per heavy atom. The fourth-order valence-corrected chi connectivity index (χ4v) is 4.65. The highest BCUT2D eigenvalue weighted by Crippen LogP contribution is 2.37. The van der Waals surface area contributed by atoms with E-state index >= 15 is 4.39 Å². The lowest BCUT2D eigenvalue weighted by atomic mass is 10.1. The first-order chi connectivity index (χ1) is 14.8. The molecule has 1 aromatic heterocycles. The molecule has 0 aliphatic heterocycles.